The Bertz CT molecular complexity index is 429. The van der Waals surface area contributed by atoms with Gasteiger partial charge in [-0.2, -0.15) is 0 Å². The number of esters is 1. The maximum Gasteiger partial charge on any atom is 0.325 e. The Morgan fingerprint density at radius 3 is 2.62 bits per heavy atom. The minimum atomic E-state index is -0.505. The molecule has 0 saturated carbocycles. The average Bonchev–Trinajstić information content (AvgIpc) is 2.34. The van der Waals surface area contributed by atoms with Crippen molar-refractivity contribution in [2.45, 2.75) is 0 Å². The molecule has 82 valence electrons. The summed E-state index contributed by atoms with van der Waals surface area (Å²) >= 11 is 0. The third kappa shape index (κ3) is 4.29. The summed E-state index contributed by atoms with van der Waals surface area (Å²) in [5.41, 5.74) is 0.746. The Balaban J connectivity index is 2.46. The number of amides is 1. The molecule has 0 aromatic heterocycles. The highest BCUT2D eigenvalue weighted by atomic mass is 16.5. The second-order valence-corrected chi connectivity index (χ2v) is 2.87. The Hall–Kier alpha value is -2.28. The lowest BCUT2D eigenvalue weighted by molar-refractivity contribution is -0.140. The van der Waals surface area contributed by atoms with Crippen LogP contribution in [0.25, 0.3) is 0 Å². The van der Waals surface area contributed by atoms with E-state index in [0.29, 0.717) is 0 Å². The molecule has 0 saturated heterocycles. The summed E-state index contributed by atoms with van der Waals surface area (Å²) in [4.78, 5) is 21.8. The molecule has 1 amide bonds. The number of carbonyl (C=O) groups excluding carboxylic acids is 2. The quantitative estimate of drug-likeness (QED) is 0.573. The highest BCUT2D eigenvalue weighted by Gasteiger charge is 2.01. The molecule has 0 unspecified atom stereocenters. The molecule has 0 atom stereocenters. The fourth-order valence-corrected chi connectivity index (χ4v) is 0.919. The summed E-state index contributed by atoms with van der Waals surface area (Å²) in [5, 5.41) is 2.32. The van der Waals surface area contributed by atoms with Crippen LogP contribution in [0.1, 0.15) is 5.56 Å². The van der Waals surface area contributed by atoms with Gasteiger partial charge in [0, 0.05) is 11.5 Å². The first kappa shape index (κ1) is 11.8. The van der Waals surface area contributed by atoms with Crippen molar-refractivity contribution in [2.24, 2.45) is 0 Å². The topological polar surface area (TPSA) is 55.4 Å². The van der Waals surface area contributed by atoms with E-state index < -0.39 is 11.9 Å². The predicted octanol–water partition coefficient (Wildman–Crippen LogP) is 0.327. The molecule has 1 aromatic carbocycles. The van der Waals surface area contributed by atoms with Gasteiger partial charge in [0.1, 0.15) is 6.54 Å². The van der Waals surface area contributed by atoms with E-state index in [2.05, 4.69) is 21.9 Å². The number of benzene rings is 1. The van der Waals surface area contributed by atoms with Crippen LogP contribution in [-0.4, -0.2) is 25.5 Å². The largest absolute Gasteiger partial charge is 0.468 e. The van der Waals surface area contributed by atoms with Gasteiger partial charge in [-0.05, 0) is 12.1 Å². The molecule has 0 bridgehead atoms. The Morgan fingerprint density at radius 2 is 2.00 bits per heavy atom. The molecular weight excluding hydrogens is 206 g/mol. The number of carbonyl (C=O) groups is 2. The zero-order valence-corrected chi connectivity index (χ0v) is 8.82. The van der Waals surface area contributed by atoms with Crippen molar-refractivity contribution in [3.63, 3.8) is 0 Å². The van der Waals surface area contributed by atoms with Crippen LogP contribution in [0.3, 0.4) is 0 Å². The van der Waals surface area contributed by atoms with Crippen molar-refractivity contribution in [3.8, 4) is 11.8 Å². The number of hydrogen-bond acceptors (Lipinski definition) is 3. The number of rotatable bonds is 2. The highest BCUT2D eigenvalue weighted by molar-refractivity contribution is 5.95. The molecule has 0 heterocycles. The first-order valence-corrected chi connectivity index (χ1v) is 4.64. The molecule has 0 aliphatic carbocycles. The van der Waals surface area contributed by atoms with Gasteiger partial charge in [-0.25, -0.2) is 0 Å². The van der Waals surface area contributed by atoms with Crippen LogP contribution >= 0.6 is 0 Å². The number of hydrogen-bond donors (Lipinski definition) is 1. The van der Waals surface area contributed by atoms with Gasteiger partial charge in [0.25, 0.3) is 5.91 Å². The molecule has 1 rings (SSSR count). The molecule has 1 N–H and O–H groups in total. The lowest BCUT2D eigenvalue weighted by atomic mass is 10.2. The lowest BCUT2D eigenvalue weighted by Gasteiger charge is -1.97. The summed E-state index contributed by atoms with van der Waals surface area (Å²) in [7, 11) is 1.25. The smallest absolute Gasteiger partial charge is 0.325 e. The number of ether oxygens (including phenoxy) is 1. The first-order chi connectivity index (χ1) is 7.72. The van der Waals surface area contributed by atoms with Gasteiger partial charge < -0.3 is 10.1 Å². The van der Waals surface area contributed by atoms with Crippen molar-refractivity contribution >= 4 is 11.9 Å². The third-order valence-corrected chi connectivity index (χ3v) is 1.72. The van der Waals surface area contributed by atoms with Crippen molar-refractivity contribution in [1.29, 1.82) is 0 Å². The van der Waals surface area contributed by atoms with E-state index >= 15 is 0 Å². The standard InChI is InChI=1S/C12H11NO3/c1-16-12(15)9-13-11(14)8-7-10-5-3-2-4-6-10/h2-6H,9H2,1H3,(H,13,14). The summed E-state index contributed by atoms with van der Waals surface area (Å²) in [6.45, 7) is -0.168. The molecule has 0 aliphatic rings. The average molecular weight is 217 g/mol. The van der Waals surface area contributed by atoms with E-state index in [-0.39, 0.29) is 6.54 Å². The van der Waals surface area contributed by atoms with Crippen LogP contribution in [-0.2, 0) is 14.3 Å². The normalized spacial score (nSPS) is 8.56. The molecule has 0 radical (unpaired) electrons. The van der Waals surface area contributed by atoms with Gasteiger partial charge in [0.05, 0.1) is 7.11 Å². The van der Waals surface area contributed by atoms with E-state index in [4.69, 9.17) is 0 Å². The maximum absolute atomic E-state index is 11.1. The SMILES string of the molecule is COC(=O)CNC(=O)C#Cc1ccccc1. The molecule has 0 spiro atoms. The fraction of sp³-hybridized carbons (Fsp3) is 0.167. The summed E-state index contributed by atoms with van der Waals surface area (Å²) in [6, 6.07) is 9.11. The molecule has 16 heavy (non-hydrogen) atoms. The van der Waals surface area contributed by atoms with E-state index in [1.165, 1.54) is 7.11 Å². The monoisotopic (exact) mass is 217 g/mol. The van der Waals surface area contributed by atoms with E-state index in [1.54, 1.807) is 12.1 Å². The zero-order valence-electron chi connectivity index (χ0n) is 8.82. The summed E-state index contributed by atoms with van der Waals surface area (Å²) in [5.74, 6) is 4.03. The molecule has 4 heteroatoms. The minimum Gasteiger partial charge on any atom is -0.468 e. The maximum atomic E-state index is 11.1. The van der Waals surface area contributed by atoms with Crippen LogP contribution in [0.4, 0.5) is 0 Å². The zero-order chi connectivity index (χ0) is 11.8. The Kier molecular flexibility index (Phi) is 4.61. The highest BCUT2D eigenvalue weighted by Crippen LogP contribution is 1.94. The predicted molar refractivity (Wildman–Crippen MR) is 58.3 cm³/mol. The Morgan fingerprint density at radius 1 is 1.31 bits per heavy atom. The van der Waals surface area contributed by atoms with Crippen molar-refractivity contribution < 1.29 is 14.3 Å². The van der Waals surface area contributed by atoms with Gasteiger partial charge in [0.2, 0.25) is 0 Å². The van der Waals surface area contributed by atoms with Crippen molar-refractivity contribution in [2.75, 3.05) is 13.7 Å². The second-order valence-electron chi connectivity index (χ2n) is 2.87. The molecular formula is C12H11NO3. The second kappa shape index (κ2) is 6.25. The van der Waals surface area contributed by atoms with E-state index in [9.17, 15) is 9.59 Å². The van der Waals surface area contributed by atoms with Crippen LogP contribution in [0, 0.1) is 11.8 Å². The number of methoxy groups -OCH3 is 1. The van der Waals surface area contributed by atoms with Crippen LogP contribution in [0.5, 0.6) is 0 Å². The first-order valence-electron chi connectivity index (χ1n) is 4.64. The van der Waals surface area contributed by atoms with Crippen LogP contribution in [0.15, 0.2) is 30.3 Å². The molecule has 1 aromatic rings. The third-order valence-electron chi connectivity index (χ3n) is 1.72. The van der Waals surface area contributed by atoms with Gasteiger partial charge in [-0.1, -0.05) is 24.1 Å². The summed E-state index contributed by atoms with van der Waals surface area (Å²) in [6.07, 6.45) is 0. The fourth-order valence-electron chi connectivity index (χ4n) is 0.919. The van der Waals surface area contributed by atoms with Crippen LogP contribution in [0.2, 0.25) is 0 Å². The van der Waals surface area contributed by atoms with Gasteiger partial charge in [0.15, 0.2) is 0 Å². The molecule has 0 fully saturated rings. The molecule has 0 aliphatic heterocycles. The van der Waals surface area contributed by atoms with Crippen molar-refractivity contribution in [1.82, 2.24) is 5.32 Å². The van der Waals surface area contributed by atoms with E-state index in [0.717, 1.165) is 5.56 Å². The molecule has 4 nitrogen and oxygen atoms in total. The summed E-state index contributed by atoms with van der Waals surface area (Å²) < 4.78 is 4.36. The van der Waals surface area contributed by atoms with Gasteiger partial charge in [-0.3, -0.25) is 9.59 Å². The minimum absolute atomic E-state index is 0.168. The Labute approximate surface area is 93.6 Å². The lowest BCUT2D eigenvalue weighted by Crippen LogP contribution is -2.28. The van der Waals surface area contributed by atoms with Gasteiger partial charge >= 0.3 is 5.97 Å². The van der Waals surface area contributed by atoms with Crippen molar-refractivity contribution in [3.05, 3.63) is 35.9 Å². The van der Waals surface area contributed by atoms with Gasteiger partial charge in [-0.15, -0.1) is 0 Å². The number of nitrogens with one attached hydrogen (secondary N) is 1. The van der Waals surface area contributed by atoms with E-state index in [1.807, 2.05) is 18.2 Å². The van der Waals surface area contributed by atoms with Crippen LogP contribution < -0.4 is 5.32 Å².